The quantitative estimate of drug-likeness (QED) is 0.552. The molecule has 0 fully saturated rings. The predicted molar refractivity (Wildman–Crippen MR) is 99.7 cm³/mol. The lowest BCUT2D eigenvalue weighted by Crippen LogP contribution is -2.37. The van der Waals surface area contributed by atoms with Gasteiger partial charge in [0, 0.05) is 25.3 Å². The summed E-state index contributed by atoms with van der Waals surface area (Å²) >= 11 is 0. The summed E-state index contributed by atoms with van der Waals surface area (Å²) in [5.41, 5.74) is 1.39. The molecule has 1 rings (SSSR count). The zero-order chi connectivity index (χ0) is 18.0. The first-order valence-corrected chi connectivity index (χ1v) is 8.45. The molecule has 0 aliphatic heterocycles. The van der Waals surface area contributed by atoms with Gasteiger partial charge in [-0.1, -0.05) is 12.1 Å². The molecule has 0 atom stereocenters. The number of hydrogen-bond donors (Lipinski definition) is 3. The molecule has 0 aromatic heterocycles. The number of nitrogens with one attached hydrogen (secondary N) is 3. The topological polar surface area (TPSA) is 74.8 Å². The summed E-state index contributed by atoms with van der Waals surface area (Å²) in [5, 5.41) is 9.12. The van der Waals surface area contributed by atoms with Crippen molar-refractivity contribution in [3.05, 3.63) is 29.8 Å². The molecule has 24 heavy (non-hydrogen) atoms. The van der Waals surface area contributed by atoms with Gasteiger partial charge in [-0.25, -0.2) is 4.79 Å². The third-order valence-corrected chi connectivity index (χ3v) is 2.96. The molecule has 1 aromatic carbocycles. The second-order valence-electron chi connectivity index (χ2n) is 6.36. The molecule has 0 aliphatic rings. The summed E-state index contributed by atoms with van der Waals surface area (Å²) in [6, 6.07) is 7.72. The Kier molecular flexibility index (Phi) is 8.09. The molecule has 0 saturated heterocycles. The Morgan fingerprint density at radius 3 is 2.17 bits per heavy atom. The number of rotatable bonds is 6. The first-order chi connectivity index (χ1) is 11.3. The number of nitrogens with zero attached hydrogens (tertiary/aromatic N) is 1. The van der Waals surface area contributed by atoms with Crippen molar-refractivity contribution in [1.29, 1.82) is 0 Å². The molecule has 3 N–H and O–H groups in total. The average Bonchev–Trinajstić information content (AvgIpc) is 2.47. The Morgan fingerprint density at radius 1 is 1.08 bits per heavy atom. The third-order valence-electron chi connectivity index (χ3n) is 2.96. The van der Waals surface area contributed by atoms with Gasteiger partial charge in [-0.3, -0.25) is 10.3 Å². The van der Waals surface area contributed by atoms with Crippen LogP contribution in [0.15, 0.2) is 29.3 Å². The fraction of sp³-hybridized carbons (Fsp3) is 0.556. The van der Waals surface area contributed by atoms with E-state index in [1.807, 2.05) is 58.9 Å². The first-order valence-electron chi connectivity index (χ1n) is 8.45. The summed E-state index contributed by atoms with van der Waals surface area (Å²) < 4.78 is 5.23. The van der Waals surface area contributed by atoms with Gasteiger partial charge in [0.1, 0.15) is 5.60 Å². The monoisotopic (exact) mass is 334 g/mol. The minimum Gasteiger partial charge on any atom is -0.444 e. The Balaban J connectivity index is 2.50. The zero-order valence-electron chi connectivity index (χ0n) is 15.4. The number of carbonyl (C=O) groups is 1. The smallest absolute Gasteiger partial charge is 0.412 e. The van der Waals surface area contributed by atoms with E-state index in [0.29, 0.717) is 6.54 Å². The fourth-order valence-electron chi connectivity index (χ4n) is 1.98. The van der Waals surface area contributed by atoms with E-state index in [-0.39, 0.29) is 0 Å². The molecule has 1 aromatic rings. The maximum absolute atomic E-state index is 11.7. The van der Waals surface area contributed by atoms with Gasteiger partial charge < -0.3 is 15.4 Å². The molecule has 0 unspecified atom stereocenters. The molecular weight excluding hydrogens is 304 g/mol. The Hall–Kier alpha value is -2.24. The van der Waals surface area contributed by atoms with Crippen LogP contribution >= 0.6 is 0 Å². The van der Waals surface area contributed by atoms with E-state index in [1.165, 1.54) is 5.56 Å². The number of ether oxygens (including phenoxy) is 1. The Morgan fingerprint density at radius 2 is 1.67 bits per heavy atom. The maximum Gasteiger partial charge on any atom is 0.412 e. The van der Waals surface area contributed by atoms with Gasteiger partial charge in [-0.15, -0.1) is 0 Å². The molecule has 0 heterocycles. The first kappa shape index (κ1) is 19.8. The summed E-state index contributed by atoms with van der Waals surface area (Å²) in [4.78, 5) is 16.2. The van der Waals surface area contributed by atoms with Gasteiger partial charge in [0.2, 0.25) is 0 Å². The highest BCUT2D eigenvalue weighted by molar-refractivity contribution is 5.84. The van der Waals surface area contributed by atoms with Gasteiger partial charge in [-0.2, -0.15) is 0 Å². The largest absolute Gasteiger partial charge is 0.444 e. The normalized spacial score (nSPS) is 10.7. The van der Waals surface area contributed by atoms with Crippen LogP contribution in [0.2, 0.25) is 0 Å². The lowest BCUT2D eigenvalue weighted by atomic mass is 10.1. The van der Waals surface area contributed by atoms with Crippen LogP contribution in [0.5, 0.6) is 0 Å². The van der Waals surface area contributed by atoms with Crippen LogP contribution in [-0.2, 0) is 11.2 Å². The van der Waals surface area contributed by atoms with Crippen LogP contribution in [0, 0.1) is 0 Å². The highest BCUT2D eigenvalue weighted by Gasteiger charge is 2.15. The van der Waals surface area contributed by atoms with E-state index < -0.39 is 11.7 Å². The van der Waals surface area contributed by atoms with Crippen LogP contribution in [-0.4, -0.2) is 37.3 Å². The summed E-state index contributed by atoms with van der Waals surface area (Å²) in [6.45, 7) is 12.0. The zero-order valence-corrected chi connectivity index (χ0v) is 15.4. The standard InChI is InChI=1S/C18H30N4O2/c1-6-19-16(20-7-2)21-13-12-14-8-10-15(11-9-14)22-17(23)24-18(3,4)5/h8-11H,6-7,12-13H2,1-5H3,(H,22,23)(H2,19,20,21). The number of carbonyl (C=O) groups excluding carboxylic acids is 1. The number of aliphatic imine (C=N–C) groups is 1. The maximum atomic E-state index is 11.7. The molecule has 1 amide bonds. The predicted octanol–water partition coefficient (Wildman–Crippen LogP) is 3.15. The molecular formula is C18H30N4O2. The van der Waals surface area contributed by atoms with E-state index in [4.69, 9.17) is 4.74 Å². The second-order valence-corrected chi connectivity index (χ2v) is 6.36. The molecule has 0 saturated carbocycles. The van der Waals surface area contributed by atoms with E-state index >= 15 is 0 Å². The highest BCUT2D eigenvalue weighted by Crippen LogP contribution is 2.13. The molecule has 0 radical (unpaired) electrons. The van der Waals surface area contributed by atoms with Crippen LogP contribution in [0.1, 0.15) is 40.2 Å². The van der Waals surface area contributed by atoms with E-state index in [1.54, 1.807) is 0 Å². The lowest BCUT2D eigenvalue weighted by Gasteiger charge is -2.19. The molecule has 6 nitrogen and oxygen atoms in total. The summed E-state index contributed by atoms with van der Waals surface area (Å²) in [5.74, 6) is 0.836. The second kappa shape index (κ2) is 9.80. The van der Waals surface area contributed by atoms with Crippen molar-refractivity contribution < 1.29 is 9.53 Å². The number of guanidine groups is 1. The van der Waals surface area contributed by atoms with Gasteiger partial charge in [0.15, 0.2) is 5.96 Å². The van der Waals surface area contributed by atoms with Crippen LogP contribution < -0.4 is 16.0 Å². The van der Waals surface area contributed by atoms with Crippen LogP contribution in [0.3, 0.4) is 0 Å². The Labute approximate surface area is 145 Å². The van der Waals surface area contributed by atoms with Crippen LogP contribution in [0.25, 0.3) is 0 Å². The lowest BCUT2D eigenvalue weighted by molar-refractivity contribution is 0.0636. The average molecular weight is 334 g/mol. The number of amides is 1. The van der Waals surface area contributed by atoms with E-state index in [2.05, 4.69) is 20.9 Å². The van der Waals surface area contributed by atoms with Crippen molar-refractivity contribution in [2.45, 2.75) is 46.6 Å². The minimum absolute atomic E-state index is 0.444. The number of hydrogen-bond acceptors (Lipinski definition) is 3. The van der Waals surface area contributed by atoms with Gasteiger partial charge in [0.05, 0.1) is 0 Å². The molecule has 134 valence electrons. The molecule has 0 spiro atoms. The van der Waals surface area contributed by atoms with Crippen molar-refractivity contribution >= 4 is 17.7 Å². The van der Waals surface area contributed by atoms with Crippen molar-refractivity contribution in [2.75, 3.05) is 25.0 Å². The molecule has 6 heteroatoms. The molecule has 0 bridgehead atoms. The summed E-state index contributed by atoms with van der Waals surface area (Å²) in [6.07, 6.45) is 0.397. The van der Waals surface area contributed by atoms with E-state index in [9.17, 15) is 4.79 Å². The summed E-state index contributed by atoms with van der Waals surface area (Å²) in [7, 11) is 0. The van der Waals surface area contributed by atoms with Crippen molar-refractivity contribution in [1.82, 2.24) is 10.6 Å². The van der Waals surface area contributed by atoms with Crippen molar-refractivity contribution in [3.63, 3.8) is 0 Å². The Bertz CT molecular complexity index is 525. The number of anilines is 1. The van der Waals surface area contributed by atoms with Gasteiger partial charge in [0.25, 0.3) is 0 Å². The van der Waals surface area contributed by atoms with Crippen LogP contribution in [0.4, 0.5) is 10.5 Å². The SMILES string of the molecule is CCNC(=NCCc1ccc(NC(=O)OC(C)(C)C)cc1)NCC. The highest BCUT2D eigenvalue weighted by atomic mass is 16.6. The van der Waals surface area contributed by atoms with Gasteiger partial charge in [-0.05, 0) is 58.7 Å². The van der Waals surface area contributed by atoms with Crippen molar-refractivity contribution in [3.8, 4) is 0 Å². The number of benzene rings is 1. The fourth-order valence-corrected chi connectivity index (χ4v) is 1.98. The third kappa shape index (κ3) is 8.41. The van der Waals surface area contributed by atoms with Crippen molar-refractivity contribution in [2.24, 2.45) is 4.99 Å². The molecule has 0 aliphatic carbocycles. The van der Waals surface area contributed by atoms with E-state index in [0.717, 1.165) is 31.2 Å². The minimum atomic E-state index is -0.501. The van der Waals surface area contributed by atoms with Gasteiger partial charge >= 0.3 is 6.09 Å².